The molecule has 0 spiro atoms. The van der Waals surface area contributed by atoms with Gasteiger partial charge in [0.05, 0.1) is 18.8 Å². The van der Waals surface area contributed by atoms with Crippen LogP contribution in [-0.2, 0) is 9.16 Å². The summed E-state index contributed by atoms with van der Waals surface area (Å²) in [5.41, 5.74) is -0.543. The molecule has 1 saturated heterocycles. The molecule has 6 heteroatoms. The van der Waals surface area contributed by atoms with Crippen LogP contribution in [0.4, 0.5) is 4.79 Å². The van der Waals surface area contributed by atoms with Crippen molar-refractivity contribution in [2.24, 2.45) is 5.92 Å². The van der Waals surface area contributed by atoms with E-state index in [0.29, 0.717) is 13.2 Å². The Balaban J connectivity index is 2.82. The van der Waals surface area contributed by atoms with E-state index in [1.165, 1.54) is 0 Å². The van der Waals surface area contributed by atoms with Crippen LogP contribution in [0.2, 0.25) is 18.1 Å². The SMILES string of the molecule is C[C@@H]1CN(C(=O)OC(C)(C)C)[C@@H](CO[Si](C)(C)C(C)(C)C)[C@@H]1O. The zero-order chi connectivity index (χ0) is 18.2. The van der Waals surface area contributed by atoms with Gasteiger partial charge in [-0.2, -0.15) is 0 Å². The minimum atomic E-state index is -1.93. The third kappa shape index (κ3) is 5.19. The average Bonchev–Trinajstić information content (AvgIpc) is 2.60. The summed E-state index contributed by atoms with van der Waals surface area (Å²) in [4.78, 5) is 14.1. The lowest BCUT2D eigenvalue weighted by Gasteiger charge is -2.38. The Morgan fingerprint density at radius 2 is 1.74 bits per heavy atom. The number of carbonyl (C=O) groups excluding carboxylic acids is 1. The molecule has 1 fully saturated rings. The molecule has 0 saturated carbocycles. The molecular formula is C17H35NO4Si. The van der Waals surface area contributed by atoms with Gasteiger partial charge in [-0.15, -0.1) is 0 Å². The second-order valence-electron chi connectivity index (χ2n) is 9.24. The molecule has 136 valence electrons. The highest BCUT2D eigenvalue weighted by Crippen LogP contribution is 2.37. The van der Waals surface area contributed by atoms with Crippen molar-refractivity contribution < 1.29 is 19.1 Å². The number of aliphatic hydroxyl groups is 1. The van der Waals surface area contributed by atoms with Gasteiger partial charge in [0.25, 0.3) is 0 Å². The summed E-state index contributed by atoms with van der Waals surface area (Å²) in [7, 11) is -1.93. The lowest BCUT2D eigenvalue weighted by molar-refractivity contribution is 0.00701. The summed E-state index contributed by atoms with van der Waals surface area (Å²) in [5, 5.41) is 10.6. The van der Waals surface area contributed by atoms with Crippen LogP contribution in [0.15, 0.2) is 0 Å². The minimum absolute atomic E-state index is 0.0236. The maximum absolute atomic E-state index is 12.4. The predicted octanol–water partition coefficient (Wildman–Crippen LogP) is 3.62. The van der Waals surface area contributed by atoms with E-state index in [4.69, 9.17) is 9.16 Å². The fourth-order valence-electron chi connectivity index (χ4n) is 2.35. The van der Waals surface area contributed by atoms with Crippen LogP contribution in [0.5, 0.6) is 0 Å². The first-order valence-corrected chi connectivity index (χ1v) is 11.4. The molecule has 1 heterocycles. The Morgan fingerprint density at radius 1 is 1.22 bits per heavy atom. The Labute approximate surface area is 142 Å². The maximum Gasteiger partial charge on any atom is 0.410 e. The van der Waals surface area contributed by atoms with Gasteiger partial charge in [-0.25, -0.2) is 4.79 Å². The fraction of sp³-hybridized carbons (Fsp3) is 0.941. The van der Waals surface area contributed by atoms with Crippen molar-refractivity contribution in [1.29, 1.82) is 0 Å². The standard InChI is InChI=1S/C17H35NO4Si/c1-12-10-18(15(20)22-16(2,3)4)13(14(12)19)11-21-23(8,9)17(5,6)7/h12-14,19H,10-11H2,1-9H3/t12-,13+,14-/m1/s1. The molecule has 0 aromatic heterocycles. The molecule has 1 aliphatic heterocycles. The molecule has 0 aromatic carbocycles. The number of rotatable bonds is 3. The lowest BCUT2D eigenvalue weighted by atomic mass is 10.1. The molecule has 0 radical (unpaired) electrons. The number of nitrogens with zero attached hydrogens (tertiary/aromatic N) is 1. The van der Waals surface area contributed by atoms with Gasteiger partial charge >= 0.3 is 6.09 Å². The largest absolute Gasteiger partial charge is 0.444 e. The van der Waals surface area contributed by atoms with Crippen molar-refractivity contribution in [3.8, 4) is 0 Å². The van der Waals surface area contributed by atoms with E-state index >= 15 is 0 Å². The monoisotopic (exact) mass is 345 g/mol. The first-order chi connectivity index (χ1) is 10.2. The molecule has 23 heavy (non-hydrogen) atoms. The van der Waals surface area contributed by atoms with E-state index < -0.39 is 20.0 Å². The van der Waals surface area contributed by atoms with Crippen molar-refractivity contribution in [3.63, 3.8) is 0 Å². The third-order valence-corrected chi connectivity index (χ3v) is 9.41. The third-order valence-electron chi connectivity index (χ3n) is 4.91. The highest BCUT2D eigenvalue weighted by Gasteiger charge is 2.45. The Morgan fingerprint density at radius 3 is 2.17 bits per heavy atom. The second kappa shape index (κ2) is 6.73. The van der Waals surface area contributed by atoms with Gasteiger partial charge in [-0.05, 0) is 38.9 Å². The summed E-state index contributed by atoms with van der Waals surface area (Å²) in [6.45, 7) is 19.3. The quantitative estimate of drug-likeness (QED) is 0.794. The molecule has 1 aliphatic rings. The number of aliphatic hydroxyl groups excluding tert-OH is 1. The van der Waals surface area contributed by atoms with Gasteiger partial charge in [0.1, 0.15) is 5.60 Å². The Hall–Kier alpha value is -0.593. The average molecular weight is 346 g/mol. The van der Waals surface area contributed by atoms with Gasteiger partial charge in [0, 0.05) is 12.5 Å². The minimum Gasteiger partial charge on any atom is -0.444 e. The summed E-state index contributed by atoms with van der Waals surface area (Å²) in [6, 6.07) is -0.339. The van der Waals surface area contributed by atoms with E-state index in [1.54, 1.807) is 4.90 Å². The number of hydrogen-bond donors (Lipinski definition) is 1. The lowest BCUT2D eigenvalue weighted by Crippen LogP contribution is -2.49. The van der Waals surface area contributed by atoms with Crippen molar-refractivity contribution >= 4 is 14.4 Å². The summed E-state index contributed by atoms with van der Waals surface area (Å²) < 4.78 is 11.7. The molecule has 1 amide bonds. The maximum atomic E-state index is 12.4. The summed E-state index contributed by atoms with van der Waals surface area (Å²) >= 11 is 0. The van der Waals surface area contributed by atoms with Crippen molar-refractivity contribution in [2.75, 3.05) is 13.2 Å². The van der Waals surface area contributed by atoms with Gasteiger partial charge in [-0.3, -0.25) is 4.90 Å². The molecular weight excluding hydrogens is 310 g/mol. The zero-order valence-electron chi connectivity index (χ0n) is 16.3. The number of likely N-dealkylation sites (tertiary alicyclic amines) is 1. The number of amides is 1. The molecule has 0 aliphatic carbocycles. The fourth-order valence-corrected chi connectivity index (χ4v) is 3.37. The van der Waals surface area contributed by atoms with E-state index in [2.05, 4.69) is 33.9 Å². The molecule has 3 atom stereocenters. The van der Waals surface area contributed by atoms with Crippen LogP contribution >= 0.6 is 0 Å². The normalized spacial score (nSPS) is 26.5. The first-order valence-electron chi connectivity index (χ1n) is 8.47. The number of ether oxygens (including phenoxy) is 1. The van der Waals surface area contributed by atoms with E-state index in [-0.39, 0.29) is 23.1 Å². The number of carbonyl (C=O) groups is 1. The van der Waals surface area contributed by atoms with E-state index in [0.717, 1.165) is 0 Å². The summed E-state index contributed by atoms with van der Waals surface area (Å²) in [5.74, 6) is 0.0236. The van der Waals surface area contributed by atoms with E-state index in [1.807, 2.05) is 27.7 Å². The molecule has 1 N–H and O–H groups in total. The van der Waals surface area contributed by atoms with Crippen LogP contribution in [0.25, 0.3) is 0 Å². The van der Waals surface area contributed by atoms with Crippen LogP contribution < -0.4 is 0 Å². The van der Waals surface area contributed by atoms with Gasteiger partial charge < -0.3 is 14.3 Å². The Kier molecular flexibility index (Phi) is 5.98. The van der Waals surface area contributed by atoms with Crippen LogP contribution in [0, 0.1) is 5.92 Å². The molecule has 0 aromatic rings. The molecule has 5 nitrogen and oxygen atoms in total. The van der Waals surface area contributed by atoms with Gasteiger partial charge in [0.2, 0.25) is 0 Å². The highest BCUT2D eigenvalue weighted by atomic mass is 28.4. The van der Waals surface area contributed by atoms with Crippen molar-refractivity contribution in [2.45, 2.75) is 84.3 Å². The zero-order valence-corrected chi connectivity index (χ0v) is 17.3. The summed E-state index contributed by atoms with van der Waals surface area (Å²) in [6.07, 6.45) is -0.947. The van der Waals surface area contributed by atoms with Gasteiger partial charge in [-0.1, -0.05) is 27.7 Å². The van der Waals surface area contributed by atoms with Crippen molar-refractivity contribution in [3.05, 3.63) is 0 Å². The first kappa shape index (κ1) is 20.5. The Bertz CT molecular complexity index is 425. The molecule has 0 bridgehead atoms. The molecule has 1 rings (SSSR count). The topological polar surface area (TPSA) is 59.0 Å². The smallest absolute Gasteiger partial charge is 0.410 e. The van der Waals surface area contributed by atoms with Crippen LogP contribution in [0.1, 0.15) is 48.5 Å². The molecule has 0 unspecified atom stereocenters. The van der Waals surface area contributed by atoms with E-state index in [9.17, 15) is 9.90 Å². The van der Waals surface area contributed by atoms with Crippen LogP contribution in [-0.4, -0.2) is 55.3 Å². The number of hydrogen-bond acceptors (Lipinski definition) is 4. The van der Waals surface area contributed by atoms with Crippen molar-refractivity contribution in [1.82, 2.24) is 4.90 Å². The van der Waals surface area contributed by atoms with Crippen LogP contribution in [0.3, 0.4) is 0 Å². The second-order valence-corrected chi connectivity index (χ2v) is 14.0. The van der Waals surface area contributed by atoms with Gasteiger partial charge in [0.15, 0.2) is 8.32 Å². The predicted molar refractivity (Wildman–Crippen MR) is 95.0 cm³/mol. The highest BCUT2D eigenvalue weighted by molar-refractivity contribution is 6.74.